The fourth-order valence-electron chi connectivity index (χ4n) is 2.11. The van der Waals surface area contributed by atoms with E-state index in [0.29, 0.717) is 18.2 Å². The number of aliphatic hydroxyl groups excluding tert-OH is 1. The maximum absolute atomic E-state index is 8.79. The third-order valence-corrected chi connectivity index (χ3v) is 4.84. The number of thioether (sulfide) groups is 1. The van der Waals surface area contributed by atoms with Crippen LogP contribution in [-0.2, 0) is 0 Å². The van der Waals surface area contributed by atoms with Crippen LogP contribution in [0.4, 0.5) is 0 Å². The van der Waals surface area contributed by atoms with Crippen LogP contribution in [0.1, 0.15) is 26.2 Å². The van der Waals surface area contributed by atoms with Gasteiger partial charge < -0.3 is 15.3 Å². The monoisotopic (exact) mass is 246 g/mol. The molecule has 0 amide bonds. The molecule has 0 spiro atoms. The number of nitrogens with one attached hydrogen (secondary N) is 1. The highest BCUT2D eigenvalue weighted by Gasteiger charge is 2.36. The summed E-state index contributed by atoms with van der Waals surface area (Å²) in [6.45, 7) is 3.58. The molecule has 4 heteroatoms. The third kappa shape index (κ3) is 3.91. The quantitative estimate of drug-likeness (QED) is 0.707. The Balaban J connectivity index is 2.33. The Morgan fingerprint density at radius 2 is 2.25 bits per heavy atom. The van der Waals surface area contributed by atoms with Crippen molar-refractivity contribution in [1.82, 2.24) is 10.2 Å². The zero-order chi connectivity index (χ0) is 12.0. The van der Waals surface area contributed by atoms with Crippen molar-refractivity contribution in [3.8, 4) is 0 Å². The van der Waals surface area contributed by atoms with E-state index in [9.17, 15) is 0 Å². The molecule has 0 bridgehead atoms. The van der Waals surface area contributed by atoms with Crippen LogP contribution in [-0.4, -0.2) is 60.3 Å². The van der Waals surface area contributed by atoms with Gasteiger partial charge >= 0.3 is 0 Å². The molecule has 1 heterocycles. The first kappa shape index (κ1) is 14.3. The average molecular weight is 246 g/mol. The molecule has 0 radical (unpaired) electrons. The maximum atomic E-state index is 8.79. The minimum Gasteiger partial charge on any atom is -0.396 e. The van der Waals surface area contributed by atoms with Crippen LogP contribution in [0.2, 0.25) is 0 Å². The number of rotatable bonds is 7. The van der Waals surface area contributed by atoms with Gasteiger partial charge in [-0.15, -0.1) is 0 Å². The minimum absolute atomic E-state index is 0.306. The summed E-state index contributed by atoms with van der Waals surface area (Å²) in [4.78, 5) is 2.37. The first-order valence-electron chi connectivity index (χ1n) is 6.20. The van der Waals surface area contributed by atoms with Gasteiger partial charge in [0.1, 0.15) is 0 Å². The molecule has 0 aromatic rings. The molecule has 1 aliphatic rings. The van der Waals surface area contributed by atoms with Gasteiger partial charge in [0.05, 0.1) is 0 Å². The fraction of sp³-hybridized carbons (Fsp3) is 1.00. The summed E-state index contributed by atoms with van der Waals surface area (Å²) in [5.41, 5.74) is 0.345. The molecule has 3 nitrogen and oxygen atoms in total. The molecular weight excluding hydrogens is 220 g/mol. The summed E-state index contributed by atoms with van der Waals surface area (Å²) in [6.07, 6.45) is 3.25. The third-order valence-electron chi connectivity index (χ3n) is 3.61. The summed E-state index contributed by atoms with van der Waals surface area (Å²) in [6, 6.07) is 0.509. The van der Waals surface area contributed by atoms with E-state index in [1.807, 2.05) is 0 Å². The number of likely N-dealkylation sites (N-methyl/N-ethyl adjacent to an activating group) is 1. The molecule has 0 aromatic heterocycles. The summed E-state index contributed by atoms with van der Waals surface area (Å²) in [7, 11) is 4.37. The standard InChI is InChI=1S/C12H26N2OS/c1-11(5-4-7-15)13-9-12(14(2)3)6-8-16-10-12/h11,13,15H,4-10H2,1-3H3. The molecular formula is C12H26N2OS. The van der Waals surface area contributed by atoms with Gasteiger partial charge in [0, 0.05) is 30.5 Å². The van der Waals surface area contributed by atoms with Gasteiger partial charge in [-0.1, -0.05) is 0 Å². The SMILES string of the molecule is CC(CCCO)NCC1(N(C)C)CCSC1. The molecule has 0 saturated carbocycles. The van der Waals surface area contributed by atoms with Crippen molar-refractivity contribution in [2.45, 2.75) is 37.8 Å². The van der Waals surface area contributed by atoms with Crippen LogP contribution in [0.3, 0.4) is 0 Å². The van der Waals surface area contributed by atoms with Crippen molar-refractivity contribution in [2.24, 2.45) is 0 Å². The van der Waals surface area contributed by atoms with Gasteiger partial charge in [-0.2, -0.15) is 11.8 Å². The Labute approximate surface area is 104 Å². The Bertz CT molecular complexity index is 193. The predicted octanol–water partition coefficient (Wildman–Crippen LogP) is 1.17. The van der Waals surface area contributed by atoms with E-state index in [1.165, 1.54) is 17.9 Å². The van der Waals surface area contributed by atoms with Crippen molar-refractivity contribution < 1.29 is 5.11 Å². The second kappa shape index (κ2) is 6.84. The second-order valence-corrected chi connectivity index (χ2v) is 6.17. The molecule has 1 fully saturated rings. The number of aliphatic hydroxyl groups is 1. The van der Waals surface area contributed by atoms with Gasteiger partial charge in [-0.3, -0.25) is 0 Å². The number of hydrogen-bond donors (Lipinski definition) is 2. The van der Waals surface area contributed by atoms with E-state index in [1.54, 1.807) is 0 Å². The van der Waals surface area contributed by atoms with Crippen LogP contribution in [0.15, 0.2) is 0 Å². The van der Waals surface area contributed by atoms with Crippen molar-refractivity contribution >= 4 is 11.8 Å². The van der Waals surface area contributed by atoms with E-state index in [2.05, 4.69) is 43.0 Å². The number of nitrogens with zero attached hydrogens (tertiary/aromatic N) is 1. The van der Waals surface area contributed by atoms with Crippen LogP contribution in [0, 0.1) is 0 Å². The van der Waals surface area contributed by atoms with E-state index >= 15 is 0 Å². The first-order chi connectivity index (χ1) is 7.60. The van der Waals surface area contributed by atoms with Gasteiger partial charge in [0.2, 0.25) is 0 Å². The molecule has 1 aliphatic heterocycles. The zero-order valence-corrected chi connectivity index (χ0v) is 11.6. The summed E-state index contributed by atoms with van der Waals surface area (Å²) in [5.74, 6) is 2.52. The summed E-state index contributed by atoms with van der Waals surface area (Å²) >= 11 is 2.06. The highest BCUT2D eigenvalue weighted by Crippen LogP contribution is 2.31. The Morgan fingerprint density at radius 1 is 1.50 bits per heavy atom. The van der Waals surface area contributed by atoms with E-state index in [4.69, 9.17) is 5.11 Å². The topological polar surface area (TPSA) is 35.5 Å². The largest absolute Gasteiger partial charge is 0.396 e. The van der Waals surface area contributed by atoms with Crippen molar-refractivity contribution in [3.05, 3.63) is 0 Å². The molecule has 96 valence electrons. The van der Waals surface area contributed by atoms with Crippen LogP contribution < -0.4 is 5.32 Å². The summed E-state index contributed by atoms with van der Waals surface area (Å²) < 4.78 is 0. The van der Waals surface area contributed by atoms with E-state index in [0.717, 1.165) is 19.4 Å². The van der Waals surface area contributed by atoms with Crippen LogP contribution in [0.5, 0.6) is 0 Å². The van der Waals surface area contributed by atoms with Gasteiger partial charge in [-0.25, -0.2) is 0 Å². The first-order valence-corrected chi connectivity index (χ1v) is 7.35. The number of hydrogen-bond acceptors (Lipinski definition) is 4. The van der Waals surface area contributed by atoms with Crippen LogP contribution in [0.25, 0.3) is 0 Å². The molecule has 0 aromatic carbocycles. The second-order valence-electron chi connectivity index (χ2n) is 5.07. The highest BCUT2D eigenvalue weighted by molar-refractivity contribution is 7.99. The molecule has 2 atom stereocenters. The normalized spacial score (nSPS) is 27.6. The minimum atomic E-state index is 0.306. The molecule has 2 N–H and O–H groups in total. The van der Waals surface area contributed by atoms with Gasteiger partial charge in [0.15, 0.2) is 0 Å². The van der Waals surface area contributed by atoms with Crippen molar-refractivity contribution in [3.63, 3.8) is 0 Å². The lowest BCUT2D eigenvalue weighted by Crippen LogP contribution is -2.53. The molecule has 1 rings (SSSR count). The molecule has 2 unspecified atom stereocenters. The smallest absolute Gasteiger partial charge is 0.0431 e. The Hall–Kier alpha value is 0.230. The molecule has 1 saturated heterocycles. The molecule has 16 heavy (non-hydrogen) atoms. The van der Waals surface area contributed by atoms with E-state index < -0.39 is 0 Å². The lowest BCUT2D eigenvalue weighted by molar-refractivity contribution is 0.169. The Morgan fingerprint density at radius 3 is 2.75 bits per heavy atom. The summed E-state index contributed by atoms with van der Waals surface area (Å²) in [5, 5.41) is 12.4. The highest BCUT2D eigenvalue weighted by atomic mass is 32.2. The predicted molar refractivity (Wildman–Crippen MR) is 72.1 cm³/mol. The van der Waals surface area contributed by atoms with Crippen LogP contribution >= 0.6 is 11.8 Å². The lowest BCUT2D eigenvalue weighted by atomic mass is 9.97. The van der Waals surface area contributed by atoms with Gasteiger partial charge in [-0.05, 0) is 46.0 Å². The Kier molecular flexibility index (Phi) is 6.11. The van der Waals surface area contributed by atoms with Crippen molar-refractivity contribution in [1.29, 1.82) is 0 Å². The average Bonchev–Trinajstić information content (AvgIpc) is 2.73. The van der Waals surface area contributed by atoms with Gasteiger partial charge in [0.25, 0.3) is 0 Å². The zero-order valence-electron chi connectivity index (χ0n) is 10.8. The molecule has 0 aliphatic carbocycles. The maximum Gasteiger partial charge on any atom is 0.0431 e. The lowest BCUT2D eigenvalue weighted by Gasteiger charge is -2.37. The van der Waals surface area contributed by atoms with E-state index in [-0.39, 0.29) is 0 Å². The fourth-order valence-corrected chi connectivity index (χ4v) is 3.66. The van der Waals surface area contributed by atoms with Crippen molar-refractivity contribution in [2.75, 3.05) is 38.8 Å².